The van der Waals surface area contributed by atoms with E-state index in [1.165, 1.54) is 12.1 Å². The number of rotatable bonds is 0. The molecule has 0 saturated heterocycles. The highest BCUT2D eigenvalue weighted by Crippen LogP contribution is 2.41. The molecule has 0 aliphatic carbocycles. The first-order valence-corrected chi connectivity index (χ1v) is 4.34. The molecule has 0 amide bonds. The molecule has 74 valence electrons. The first kappa shape index (κ1) is 8.87. The Kier molecular flexibility index (Phi) is 1.84. The Bertz CT molecular complexity index is 397. The summed E-state index contributed by atoms with van der Waals surface area (Å²) in [6, 6.07) is 2.74. The van der Waals surface area contributed by atoms with E-state index >= 15 is 0 Å². The minimum atomic E-state index is -0.359. The molecule has 4 heteroatoms. The second kappa shape index (κ2) is 2.90. The number of benzene rings is 1. The molecule has 1 atom stereocenters. The van der Waals surface area contributed by atoms with E-state index < -0.39 is 0 Å². The highest BCUT2D eigenvalue weighted by atomic mass is 16.5. The molecule has 1 unspecified atom stereocenters. The highest BCUT2D eigenvalue weighted by Gasteiger charge is 2.27. The maximum Gasteiger partial charge on any atom is 0.201 e. The SMILES string of the molecule is CC1CC(=O)c2ccc(O)c(O)c2O1. The number of hydrogen-bond donors (Lipinski definition) is 2. The van der Waals surface area contributed by atoms with Crippen LogP contribution in [0.15, 0.2) is 12.1 Å². The lowest BCUT2D eigenvalue weighted by molar-refractivity contribution is 0.0864. The smallest absolute Gasteiger partial charge is 0.201 e. The number of aromatic hydroxyl groups is 2. The van der Waals surface area contributed by atoms with Crippen LogP contribution in [0, 0.1) is 0 Å². The van der Waals surface area contributed by atoms with E-state index in [2.05, 4.69) is 0 Å². The number of ether oxygens (including phenoxy) is 1. The third-order valence-corrected chi connectivity index (χ3v) is 2.20. The molecule has 0 spiro atoms. The van der Waals surface area contributed by atoms with E-state index in [-0.39, 0.29) is 29.1 Å². The van der Waals surface area contributed by atoms with E-state index in [9.17, 15) is 15.0 Å². The zero-order valence-electron chi connectivity index (χ0n) is 7.65. The summed E-state index contributed by atoms with van der Waals surface area (Å²) in [5, 5.41) is 18.7. The fraction of sp³-hybridized carbons (Fsp3) is 0.300. The molecular weight excluding hydrogens is 184 g/mol. The molecule has 0 fully saturated rings. The summed E-state index contributed by atoms with van der Waals surface area (Å²) in [7, 11) is 0. The van der Waals surface area contributed by atoms with E-state index in [1.807, 2.05) is 0 Å². The van der Waals surface area contributed by atoms with Crippen molar-refractivity contribution in [3.05, 3.63) is 17.7 Å². The molecule has 1 aromatic carbocycles. The van der Waals surface area contributed by atoms with Gasteiger partial charge in [-0.05, 0) is 19.1 Å². The first-order chi connectivity index (χ1) is 6.59. The van der Waals surface area contributed by atoms with Crippen molar-refractivity contribution in [1.82, 2.24) is 0 Å². The lowest BCUT2D eigenvalue weighted by Gasteiger charge is -2.22. The molecule has 0 saturated carbocycles. The highest BCUT2D eigenvalue weighted by molar-refractivity contribution is 6.01. The molecule has 4 nitrogen and oxygen atoms in total. The molecule has 2 N–H and O–H groups in total. The Morgan fingerprint density at radius 3 is 2.86 bits per heavy atom. The summed E-state index contributed by atoms with van der Waals surface area (Å²) in [5.41, 5.74) is 0.332. The third kappa shape index (κ3) is 1.19. The predicted molar refractivity (Wildman–Crippen MR) is 48.8 cm³/mol. The molecule has 0 bridgehead atoms. The topological polar surface area (TPSA) is 66.8 Å². The number of carbonyl (C=O) groups is 1. The van der Waals surface area contributed by atoms with Gasteiger partial charge < -0.3 is 14.9 Å². The molecule has 1 aromatic rings. The molecular formula is C10H10O4. The van der Waals surface area contributed by atoms with Gasteiger partial charge in [0.25, 0.3) is 0 Å². The minimum Gasteiger partial charge on any atom is -0.504 e. The van der Waals surface area contributed by atoms with E-state index in [4.69, 9.17) is 4.74 Å². The molecule has 1 aliphatic rings. The van der Waals surface area contributed by atoms with Crippen LogP contribution < -0.4 is 4.74 Å². The van der Waals surface area contributed by atoms with Crippen molar-refractivity contribution in [3.63, 3.8) is 0 Å². The second-order valence-electron chi connectivity index (χ2n) is 3.37. The number of hydrogen-bond acceptors (Lipinski definition) is 4. The summed E-state index contributed by atoms with van der Waals surface area (Å²) in [4.78, 5) is 11.5. The first-order valence-electron chi connectivity index (χ1n) is 4.34. The van der Waals surface area contributed by atoms with Gasteiger partial charge in [0, 0.05) is 6.42 Å². The summed E-state index contributed by atoms with van der Waals surface area (Å²) < 4.78 is 5.28. The average molecular weight is 194 g/mol. The molecule has 2 rings (SSSR count). The van der Waals surface area contributed by atoms with Crippen LogP contribution in [0.2, 0.25) is 0 Å². The predicted octanol–water partition coefficient (Wildman–Crippen LogP) is 1.45. The van der Waals surface area contributed by atoms with Gasteiger partial charge in [-0.25, -0.2) is 0 Å². The van der Waals surface area contributed by atoms with Crippen LogP contribution in [-0.4, -0.2) is 22.1 Å². The largest absolute Gasteiger partial charge is 0.504 e. The number of Topliss-reactive ketones (excluding diaryl/α,β-unsaturated/α-hetero) is 1. The van der Waals surface area contributed by atoms with Crippen molar-refractivity contribution >= 4 is 5.78 Å². The summed E-state index contributed by atoms with van der Waals surface area (Å²) in [5.74, 6) is -0.615. The van der Waals surface area contributed by atoms with Gasteiger partial charge >= 0.3 is 0 Å². The van der Waals surface area contributed by atoms with Gasteiger partial charge in [0.1, 0.15) is 6.10 Å². The standard InChI is InChI=1S/C10H10O4/c1-5-4-8(12)6-2-3-7(11)9(13)10(6)14-5/h2-3,5,11,13H,4H2,1H3. The van der Waals surface area contributed by atoms with Gasteiger partial charge in [-0.3, -0.25) is 4.79 Å². The van der Waals surface area contributed by atoms with Crippen LogP contribution in [0.3, 0.4) is 0 Å². The van der Waals surface area contributed by atoms with Gasteiger partial charge in [0.15, 0.2) is 17.3 Å². The van der Waals surface area contributed by atoms with Crippen molar-refractivity contribution in [2.75, 3.05) is 0 Å². The van der Waals surface area contributed by atoms with E-state index in [0.29, 0.717) is 12.0 Å². The zero-order valence-corrected chi connectivity index (χ0v) is 7.65. The van der Waals surface area contributed by atoms with Gasteiger partial charge in [0.2, 0.25) is 5.75 Å². The van der Waals surface area contributed by atoms with Crippen molar-refractivity contribution in [2.24, 2.45) is 0 Å². The summed E-state index contributed by atoms with van der Waals surface area (Å²) in [6.07, 6.45) is 0.0414. The van der Waals surface area contributed by atoms with Crippen LogP contribution in [0.4, 0.5) is 0 Å². The lowest BCUT2D eigenvalue weighted by atomic mass is 10.0. The molecule has 0 radical (unpaired) electrons. The number of fused-ring (bicyclic) bond motifs is 1. The number of phenols is 2. The quantitative estimate of drug-likeness (QED) is 0.613. The normalized spacial score (nSPS) is 20.1. The van der Waals surface area contributed by atoms with Gasteiger partial charge in [-0.2, -0.15) is 0 Å². The van der Waals surface area contributed by atoms with Gasteiger partial charge in [-0.1, -0.05) is 0 Å². The monoisotopic (exact) mass is 194 g/mol. The second-order valence-corrected chi connectivity index (χ2v) is 3.37. The van der Waals surface area contributed by atoms with Crippen LogP contribution in [0.1, 0.15) is 23.7 Å². The Balaban J connectivity index is 2.59. The number of carbonyl (C=O) groups excluding carboxylic acids is 1. The van der Waals surface area contributed by atoms with Crippen molar-refractivity contribution in [1.29, 1.82) is 0 Å². The molecule has 1 aliphatic heterocycles. The van der Waals surface area contributed by atoms with Crippen LogP contribution in [0.5, 0.6) is 17.2 Å². The zero-order chi connectivity index (χ0) is 10.3. The van der Waals surface area contributed by atoms with Gasteiger partial charge in [-0.15, -0.1) is 0 Å². The van der Waals surface area contributed by atoms with E-state index in [1.54, 1.807) is 6.92 Å². The molecule has 0 aromatic heterocycles. The van der Waals surface area contributed by atoms with E-state index in [0.717, 1.165) is 0 Å². The van der Waals surface area contributed by atoms with Crippen molar-refractivity contribution in [2.45, 2.75) is 19.4 Å². The van der Waals surface area contributed by atoms with Crippen molar-refractivity contribution < 1.29 is 19.7 Å². The fourth-order valence-corrected chi connectivity index (χ4v) is 1.51. The van der Waals surface area contributed by atoms with Crippen LogP contribution >= 0.6 is 0 Å². The minimum absolute atomic E-state index is 0.0750. The number of phenolic OH excluding ortho intramolecular Hbond substituents is 2. The number of ketones is 1. The maximum absolute atomic E-state index is 11.5. The van der Waals surface area contributed by atoms with Crippen LogP contribution in [0.25, 0.3) is 0 Å². The Hall–Kier alpha value is -1.71. The Labute approximate surface area is 80.7 Å². The summed E-state index contributed by atoms with van der Waals surface area (Å²) >= 11 is 0. The van der Waals surface area contributed by atoms with Crippen molar-refractivity contribution in [3.8, 4) is 17.2 Å². The maximum atomic E-state index is 11.5. The summed E-state index contributed by atoms with van der Waals surface area (Å²) in [6.45, 7) is 1.74. The van der Waals surface area contributed by atoms with Gasteiger partial charge in [0.05, 0.1) is 5.56 Å². The lowest BCUT2D eigenvalue weighted by Crippen LogP contribution is -2.23. The Morgan fingerprint density at radius 2 is 2.14 bits per heavy atom. The van der Waals surface area contributed by atoms with Crippen LogP contribution in [-0.2, 0) is 0 Å². The third-order valence-electron chi connectivity index (χ3n) is 2.20. The molecule has 1 heterocycles. The fourth-order valence-electron chi connectivity index (χ4n) is 1.51. The Morgan fingerprint density at radius 1 is 1.43 bits per heavy atom. The molecule has 14 heavy (non-hydrogen) atoms. The average Bonchev–Trinajstić information content (AvgIpc) is 2.12.